The first-order valence-electron chi connectivity index (χ1n) is 9.45. The highest BCUT2D eigenvalue weighted by Crippen LogP contribution is 2.47. The fourth-order valence-electron chi connectivity index (χ4n) is 4.72. The van der Waals surface area contributed by atoms with Gasteiger partial charge in [-0.05, 0) is 54.4 Å². The Morgan fingerprint density at radius 2 is 1.96 bits per heavy atom. The summed E-state index contributed by atoms with van der Waals surface area (Å²) in [7, 11) is 1.44. The lowest BCUT2D eigenvalue weighted by atomic mass is 9.66. The van der Waals surface area contributed by atoms with Crippen molar-refractivity contribution in [3.63, 3.8) is 0 Å². The third-order valence-electron chi connectivity index (χ3n) is 5.89. The molecule has 0 aliphatic heterocycles. The number of Topliss-reactive ketones (excluding diaryl/α,β-unsaturated/α-hetero) is 1. The summed E-state index contributed by atoms with van der Waals surface area (Å²) in [4.78, 5) is 24.1. The number of carbonyl (C=O) groups is 2. The summed E-state index contributed by atoms with van der Waals surface area (Å²) in [6.07, 6.45) is 9.15. The Kier molecular flexibility index (Phi) is 4.62. The third-order valence-corrected chi connectivity index (χ3v) is 5.89. The molecule has 0 bridgehead atoms. The maximum Gasteiger partial charge on any atom is 0.337 e. The number of hydrogen-bond donors (Lipinski definition) is 0. The molecule has 0 unspecified atom stereocenters. The van der Waals surface area contributed by atoms with Crippen molar-refractivity contribution in [1.82, 2.24) is 0 Å². The van der Waals surface area contributed by atoms with Gasteiger partial charge in [0.05, 0.1) is 12.7 Å². The van der Waals surface area contributed by atoms with Crippen LogP contribution in [0.15, 0.2) is 64.8 Å². The van der Waals surface area contributed by atoms with Gasteiger partial charge >= 0.3 is 5.97 Å². The highest BCUT2D eigenvalue weighted by Gasteiger charge is 2.35. The number of methoxy groups -OCH3 is 1. The zero-order valence-electron chi connectivity index (χ0n) is 15.2. The molecule has 0 N–H and O–H groups in total. The summed E-state index contributed by atoms with van der Waals surface area (Å²) in [5, 5.41) is 0. The molecule has 26 heavy (non-hydrogen) atoms. The van der Waals surface area contributed by atoms with Crippen molar-refractivity contribution in [3.8, 4) is 0 Å². The Morgan fingerprint density at radius 1 is 1.15 bits per heavy atom. The molecule has 0 aromatic heterocycles. The van der Waals surface area contributed by atoms with Crippen LogP contribution in [0.4, 0.5) is 0 Å². The molecule has 3 aliphatic rings. The predicted octanol–water partition coefficient (Wildman–Crippen LogP) is 4.34. The maximum absolute atomic E-state index is 12.2. The van der Waals surface area contributed by atoms with E-state index >= 15 is 0 Å². The zero-order valence-corrected chi connectivity index (χ0v) is 15.2. The molecule has 4 rings (SSSR count). The number of ketones is 1. The van der Waals surface area contributed by atoms with Crippen LogP contribution in [0.2, 0.25) is 0 Å². The summed E-state index contributed by atoms with van der Waals surface area (Å²) in [5.74, 6) is 0.709. The van der Waals surface area contributed by atoms with Gasteiger partial charge in [0, 0.05) is 18.8 Å². The Labute approximate surface area is 154 Å². The molecule has 0 saturated heterocycles. The van der Waals surface area contributed by atoms with Gasteiger partial charge in [0.1, 0.15) is 5.78 Å². The Bertz CT molecular complexity index is 826. The third kappa shape index (κ3) is 3.18. The molecule has 2 atom stereocenters. The molecule has 0 radical (unpaired) electrons. The molecule has 0 heterocycles. The fourth-order valence-corrected chi connectivity index (χ4v) is 4.72. The number of allylic oxidation sites excluding steroid dienone is 4. The number of esters is 1. The molecule has 3 heteroatoms. The van der Waals surface area contributed by atoms with Crippen molar-refractivity contribution in [2.24, 2.45) is 11.8 Å². The lowest BCUT2D eigenvalue weighted by molar-refractivity contribution is -0.135. The van der Waals surface area contributed by atoms with Crippen molar-refractivity contribution in [2.75, 3.05) is 7.11 Å². The summed E-state index contributed by atoms with van der Waals surface area (Å²) < 4.78 is 4.98. The average Bonchev–Trinajstić information content (AvgIpc) is 2.67. The van der Waals surface area contributed by atoms with Crippen LogP contribution in [0.1, 0.15) is 37.7 Å². The second-order valence-corrected chi connectivity index (χ2v) is 7.50. The largest absolute Gasteiger partial charge is 0.465 e. The maximum atomic E-state index is 12.2. The van der Waals surface area contributed by atoms with Crippen LogP contribution >= 0.6 is 0 Å². The summed E-state index contributed by atoms with van der Waals surface area (Å²) in [5.41, 5.74) is 6.06. The normalized spacial score (nSPS) is 25.0. The van der Waals surface area contributed by atoms with Crippen molar-refractivity contribution in [3.05, 3.63) is 70.3 Å². The molecule has 1 aromatic carbocycles. The smallest absolute Gasteiger partial charge is 0.337 e. The molecule has 3 nitrogen and oxygen atoms in total. The molecular formula is C23H24O3. The number of fused-ring (bicyclic) bond motifs is 2. The zero-order chi connectivity index (χ0) is 18.1. The molecule has 3 aliphatic carbocycles. The van der Waals surface area contributed by atoms with Crippen molar-refractivity contribution < 1.29 is 14.3 Å². The molecular weight excluding hydrogens is 324 g/mol. The van der Waals surface area contributed by atoms with Gasteiger partial charge in [-0.2, -0.15) is 0 Å². The van der Waals surface area contributed by atoms with E-state index in [4.69, 9.17) is 4.74 Å². The quantitative estimate of drug-likeness (QED) is 0.763. The Balaban J connectivity index is 1.76. The van der Waals surface area contributed by atoms with Gasteiger partial charge < -0.3 is 4.74 Å². The van der Waals surface area contributed by atoms with Gasteiger partial charge in [0.15, 0.2) is 0 Å². The average molecular weight is 348 g/mol. The summed E-state index contributed by atoms with van der Waals surface area (Å²) in [6.45, 7) is 0. The predicted molar refractivity (Wildman–Crippen MR) is 100 cm³/mol. The van der Waals surface area contributed by atoms with Gasteiger partial charge in [-0.3, -0.25) is 4.79 Å². The number of benzene rings is 1. The van der Waals surface area contributed by atoms with E-state index in [-0.39, 0.29) is 11.9 Å². The van der Waals surface area contributed by atoms with E-state index in [0.717, 1.165) is 25.7 Å². The van der Waals surface area contributed by atoms with Crippen LogP contribution in [0, 0.1) is 11.8 Å². The van der Waals surface area contributed by atoms with Gasteiger partial charge in [0.25, 0.3) is 0 Å². The highest BCUT2D eigenvalue weighted by molar-refractivity contribution is 5.93. The first-order valence-corrected chi connectivity index (χ1v) is 9.45. The SMILES string of the molecule is COC(=O)C1=C[C@@H](Cc2ccccc2)C2=C3CCC(=O)C[C@@H]3CCC2=C1. The van der Waals surface area contributed by atoms with Crippen molar-refractivity contribution >= 4 is 11.8 Å². The Morgan fingerprint density at radius 3 is 2.73 bits per heavy atom. The first kappa shape index (κ1) is 17.0. The van der Waals surface area contributed by atoms with E-state index < -0.39 is 0 Å². The molecule has 0 amide bonds. The standard InChI is InChI=1S/C23H24O3/c1-26-23(25)19-12-17-8-7-16-14-20(24)9-10-21(16)22(17)18(13-19)11-15-5-3-2-4-6-15/h2-6,12-13,16,18H,7-11,14H2,1H3/t16-,18+/m0/s1. The molecule has 1 fully saturated rings. The molecule has 1 saturated carbocycles. The number of hydrogen-bond acceptors (Lipinski definition) is 3. The van der Waals surface area contributed by atoms with E-state index in [0.29, 0.717) is 30.1 Å². The molecule has 134 valence electrons. The van der Waals surface area contributed by atoms with Crippen LogP contribution < -0.4 is 0 Å². The summed E-state index contributed by atoms with van der Waals surface area (Å²) in [6, 6.07) is 10.4. The van der Waals surface area contributed by atoms with Gasteiger partial charge in [0.2, 0.25) is 0 Å². The summed E-state index contributed by atoms with van der Waals surface area (Å²) >= 11 is 0. The van der Waals surface area contributed by atoms with Crippen LogP contribution in [0.25, 0.3) is 0 Å². The van der Waals surface area contributed by atoms with Gasteiger partial charge in [-0.25, -0.2) is 4.79 Å². The van der Waals surface area contributed by atoms with Crippen LogP contribution in [0.3, 0.4) is 0 Å². The number of ether oxygens (including phenoxy) is 1. The molecule has 1 aromatic rings. The van der Waals surface area contributed by atoms with E-state index in [9.17, 15) is 9.59 Å². The van der Waals surface area contributed by atoms with Gasteiger partial charge in [-0.1, -0.05) is 42.0 Å². The highest BCUT2D eigenvalue weighted by atomic mass is 16.5. The second kappa shape index (κ2) is 7.06. The van der Waals surface area contributed by atoms with E-state index in [1.54, 1.807) is 0 Å². The minimum atomic E-state index is -0.263. The van der Waals surface area contributed by atoms with E-state index in [1.165, 1.54) is 29.4 Å². The topological polar surface area (TPSA) is 43.4 Å². The number of rotatable bonds is 3. The number of carbonyl (C=O) groups excluding carboxylic acids is 2. The van der Waals surface area contributed by atoms with Crippen molar-refractivity contribution in [1.29, 1.82) is 0 Å². The van der Waals surface area contributed by atoms with E-state index in [2.05, 4.69) is 30.3 Å². The first-order chi connectivity index (χ1) is 12.7. The van der Waals surface area contributed by atoms with E-state index in [1.807, 2.05) is 12.1 Å². The van der Waals surface area contributed by atoms with Crippen LogP contribution in [-0.4, -0.2) is 18.9 Å². The minimum absolute atomic E-state index is 0.178. The second-order valence-electron chi connectivity index (χ2n) is 7.50. The fraction of sp³-hybridized carbons (Fsp3) is 0.391. The molecule has 0 spiro atoms. The lowest BCUT2D eigenvalue weighted by Crippen LogP contribution is -2.27. The van der Waals surface area contributed by atoms with Crippen LogP contribution in [0.5, 0.6) is 0 Å². The van der Waals surface area contributed by atoms with Crippen molar-refractivity contribution in [2.45, 2.75) is 38.5 Å². The monoisotopic (exact) mass is 348 g/mol. The van der Waals surface area contributed by atoms with Crippen LogP contribution in [-0.2, 0) is 20.7 Å². The Hall–Kier alpha value is -2.42. The lowest BCUT2D eigenvalue weighted by Gasteiger charge is -2.38. The van der Waals surface area contributed by atoms with Gasteiger partial charge in [-0.15, -0.1) is 0 Å². The minimum Gasteiger partial charge on any atom is -0.465 e.